The normalized spacial score (nSPS) is 10.1. The van der Waals surface area contributed by atoms with Crippen LogP contribution >= 0.6 is 11.6 Å². The molecule has 2 aromatic carbocycles. The van der Waals surface area contributed by atoms with E-state index in [-0.39, 0.29) is 12.3 Å². The number of carbonyl (C=O) groups excluding carboxylic acids is 1. The Morgan fingerprint density at radius 2 is 1.75 bits per heavy atom. The number of nitrogens with one attached hydrogen (secondary N) is 1. The summed E-state index contributed by atoms with van der Waals surface area (Å²) in [5, 5.41) is 3.40. The summed E-state index contributed by atoms with van der Waals surface area (Å²) in [5.41, 5.74) is 6.96. The fourth-order valence-corrected chi connectivity index (χ4v) is 1.71. The lowest BCUT2D eigenvalue weighted by Gasteiger charge is -2.07. The molecule has 1 amide bonds. The summed E-state index contributed by atoms with van der Waals surface area (Å²) in [6.45, 7) is 0.309. The Bertz CT molecular complexity index is 567. The van der Waals surface area contributed by atoms with Gasteiger partial charge in [-0.25, -0.2) is 0 Å². The van der Waals surface area contributed by atoms with Gasteiger partial charge < -0.3 is 15.8 Å². The van der Waals surface area contributed by atoms with E-state index in [4.69, 9.17) is 22.1 Å². The summed E-state index contributed by atoms with van der Waals surface area (Å²) in [5.74, 6) is 0.585. The van der Waals surface area contributed by atoms with Crippen LogP contribution in [0.2, 0.25) is 5.02 Å². The minimum Gasteiger partial charge on any atom is -0.493 e. The van der Waals surface area contributed by atoms with E-state index in [1.807, 2.05) is 0 Å². The van der Waals surface area contributed by atoms with Crippen molar-refractivity contribution in [3.05, 3.63) is 53.6 Å². The fraction of sp³-hybridized carbons (Fsp3) is 0.133. The number of anilines is 2. The van der Waals surface area contributed by atoms with Crippen molar-refractivity contribution in [2.75, 3.05) is 17.7 Å². The van der Waals surface area contributed by atoms with Crippen LogP contribution in [0, 0.1) is 0 Å². The maximum absolute atomic E-state index is 11.7. The third-order valence-electron chi connectivity index (χ3n) is 2.61. The molecule has 0 unspecified atom stereocenters. The molecule has 0 radical (unpaired) electrons. The first kappa shape index (κ1) is 14.2. The second-order valence-corrected chi connectivity index (χ2v) is 4.66. The zero-order valence-corrected chi connectivity index (χ0v) is 11.6. The van der Waals surface area contributed by atoms with Gasteiger partial charge in [0.1, 0.15) is 5.75 Å². The summed E-state index contributed by atoms with van der Waals surface area (Å²) >= 11 is 5.77. The van der Waals surface area contributed by atoms with E-state index in [1.165, 1.54) is 0 Å². The Balaban J connectivity index is 1.75. The Hall–Kier alpha value is -2.20. The van der Waals surface area contributed by atoms with E-state index in [9.17, 15) is 4.79 Å². The predicted octanol–water partition coefficient (Wildman–Crippen LogP) is 3.33. The molecule has 2 rings (SSSR count). The van der Waals surface area contributed by atoms with E-state index in [2.05, 4.69) is 5.32 Å². The van der Waals surface area contributed by atoms with Gasteiger partial charge in [0.05, 0.1) is 13.0 Å². The number of hydrogen-bond donors (Lipinski definition) is 2. The number of hydrogen-bond acceptors (Lipinski definition) is 3. The second kappa shape index (κ2) is 6.82. The lowest BCUT2D eigenvalue weighted by Crippen LogP contribution is -2.15. The van der Waals surface area contributed by atoms with Crippen LogP contribution in [0.1, 0.15) is 6.42 Å². The van der Waals surface area contributed by atoms with Crippen molar-refractivity contribution in [3.8, 4) is 5.75 Å². The van der Waals surface area contributed by atoms with E-state index in [1.54, 1.807) is 48.5 Å². The topological polar surface area (TPSA) is 64.3 Å². The van der Waals surface area contributed by atoms with Crippen LogP contribution in [-0.2, 0) is 4.79 Å². The Kier molecular flexibility index (Phi) is 4.85. The van der Waals surface area contributed by atoms with Gasteiger partial charge in [-0.2, -0.15) is 0 Å². The highest BCUT2D eigenvalue weighted by Crippen LogP contribution is 2.15. The highest BCUT2D eigenvalue weighted by molar-refractivity contribution is 6.30. The molecule has 0 fully saturated rings. The number of nitrogen functional groups attached to an aromatic ring is 1. The molecule has 0 bridgehead atoms. The molecule has 0 aliphatic carbocycles. The zero-order chi connectivity index (χ0) is 14.4. The molecule has 4 nitrogen and oxygen atoms in total. The van der Waals surface area contributed by atoms with Crippen LogP contribution in [-0.4, -0.2) is 12.5 Å². The minimum absolute atomic E-state index is 0.109. The summed E-state index contributed by atoms with van der Waals surface area (Å²) in [6, 6.07) is 14.0. The number of rotatable bonds is 5. The average molecular weight is 291 g/mol. The highest BCUT2D eigenvalue weighted by Gasteiger charge is 2.03. The number of halogens is 1. The molecule has 0 spiro atoms. The molecular weight excluding hydrogens is 276 g/mol. The average Bonchev–Trinajstić information content (AvgIpc) is 2.44. The van der Waals surface area contributed by atoms with Gasteiger partial charge in [0.2, 0.25) is 5.91 Å². The van der Waals surface area contributed by atoms with Gasteiger partial charge in [0.15, 0.2) is 0 Å². The summed E-state index contributed by atoms with van der Waals surface area (Å²) in [4.78, 5) is 11.7. The maximum atomic E-state index is 11.7. The molecule has 0 aromatic heterocycles. The van der Waals surface area contributed by atoms with Gasteiger partial charge in [0.25, 0.3) is 0 Å². The van der Waals surface area contributed by atoms with E-state index in [0.29, 0.717) is 28.8 Å². The third-order valence-corrected chi connectivity index (χ3v) is 2.86. The van der Waals surface area contributed by atoms with Crippen LogP contribution in [0.25, 0.3) is 0 Å². The van der Waals surface area contributed by atoms with E-state index in [0.717, 1.165) is 0 Å². The highest BCUT2D eigenvalue weighted by atomic mass is 35.5. The minimum atomic E-state index is -0.109. The van der Waals surface area contributed by atoms with Crippen molar-refractivity contribution >= 4 is 28.9 Å². The monoisotopic (exact) mass is 290 g/mol. The van der Waals surface area contributed by atoms with Crippen molar-refractivity contribution in [2.45, 2.75) is 6.42 Å². The zero-order valence-electron chi connectivity index (χ0n) is 10.8. The van der Waals surface area contributed by atoms with Crippen molar-refractivity contribution < 1.29 is 9.53 Å². The van der Waals surface area contributed by atoms with Gasteiger partial charge in [-0.1, -0.05) is 11.6 Å². The standard InChI is InChI=1S/C15H15ClN2O2/c16-11-1-5-13(6-2-11)18-15(19)9-10-20-14-7-3-12(17)4-8-14/h1-8H,9-10,17H2,(H,18,19). The quantitative estimate of drug-likeness (QED) is 0.830. The summed E-state index contributed by atoms with van der Waals surface area (Å²) in [7, 11) is 0. The number of benzene rings is 2. The maximum Gasteiger partial charge on any atom is 0.227 e. The molecule has 104 valence electrons. The van der Waals surface area contributed by atoms with Gasteiger partial charge in [-0.15, -0.1) is 0 Å². The molecule has 0 heterocycles. The van der Waals surface area contributed by atoms with Crippen LogP contribution in [0.3, 0.4) is 0 Å². The molecular formula is C15H15ClN2O2. The predicted molar refractivity (Wildman–Crippen MR) is 81.0 cm³/mol. The molecule has 0 atom stereocenters. The smallest absolute Gasteiger partial charge is 0.227 e. The van der Waals surface area contributed by atoms with Crippen LogP contribution in [0.5, 0.6) is 5.75 Å². The van der Waals surface area contributed by atoms with E-state index >= 15 is 0 Å². The number of ether oxygens (including phenoxy) is 1. The number of amides is 1. The Morgan fingerprint density at radius 1 is 1.10 bits per heavy atom. The lowest BCUT2D eigenvalue weighted by molar-refractivity contribution is -0.116. The first-order chi connectivity index (χ1) is 9.63. The van der Waals surface area contributed by atoms with Gasteiger partial charge in [-0.05, 0) is 48.5 Å². The molecule has 2 aromatic rings. The van der Waals surface area contributed by atoms with Gasteiger partial charge in [0, 0.05) is 16.4 Å². The van der Waals surface area contributed by atoms with Gasteiger partial charge in [-0.3, -0.25) is 4.79 Å². The molecule has 0 aliphatic rings. The van der Waals surface area contributed by atoms with Crippen molar-refractivity contribution in [2.24, 2.45) is 0 Å². The fourth-order valence-electron chi connectivity index (χ4n) is 1.58. The summed E-state index contributed by atoms with van der Waals surface area (Å²) in [6.07, 6.45) is 0.271. The Labute approximate surface area is 122 Å². The second-order valence-electron chi connectivity index (χ2n) is 4.22. The largest absolute Gasteiger partial charge is 0.493 e. The summed E-state index contributed by atoms with van der Waals surface area (Å²) < 4.78 is 5.45. The van der Waals surface area contributed by atoms with E-state index < -0.39 is 0 Å². The Morgan fingerprint density at radius 3 is 2.40 bits per heavy atom. The van der Waals surface area contributed by atoms with Crippen LogP contribution in [0.15, 0.2) is 48.5 Å². The SMILES string of the molecule is Nc1ccc(OCCC(=O)Nc2ccc(Cl)cc2)cc1. The van der Waals surface area contributed by atoms with Gasteiger partial charge >= 0.3 is 0 Å². The lowest BCUT2D eigenvalue weighted by atomic mass is 10.3. The molecule has 0 aliphatic heterocycles. The van der Waals surface area contributed by atoms with Crippen LogP contribution < -0.4 is 15.8 Å². The number of carbonyl (C=O) groups is 1. The van der Waals surface area contributed by atoms with Crippen molar-refractivity contribution in [3.63, 3.8) is 0 Å². The van der Waals surface area contributed by atoms with Crippen molar-refractivity contribution in [1.29, 1.82) is 0 Å². The molecule has 20 heavy (non-hydrogen) atoms. The van der Waals surface area contributed by atoms with Crippen molar-refractivity contribution in [1.82, 2.24) is 0 Å². The molecule has 5 heteroatoms. The molecule has 3 N–H and O–H groups in total. The molecule has 0 saturated heterocycles. The number of nitrogens with two attached hydrogens (primary N) is 1. The third kappa shape index (κ3) is 4.48. The van der Waals surface area contributed by atoms with Crippen LogP contribution in [0.4, 0.5) is 11.4 Å². The molecule has 0 saturated carbocycles. The first-order valence-electron chi connectivity index (χ1n) is 6.17. The first-order valence-corrected chi connectivity index (χ1v) is 6.55.